The summed E-state index contributed by atoms with van der Waals surface area (Å²) in [5, 5.41) is 13.3. The predicted octanol–water partition coefficient (Wildman–Crippen LogP) is 1.75. The van der Waals surface area contributed by atoms with Crippen molar-refractivity contribution < 1.29 is 4.79 Å². The van der Waals surface area contributed by atoms with E-state index in [1.54, 1.807) is 0 Å². The molecule has 0 saturated heterocycles. The van der Waals surface area contributed by atoms with E-state index in [0.717, 1.165) is 34.3 Å². The summed E-state index contributed by atoms with van der Waals surface area (Å²) in [7, 11) is 0. The molecule has 0 unspecified atom stereocenters. The van der Waals surface area contributed by atoms with Crippen LogP contribution in [0.5, 0.6) is 0 Å². The predicted molar refractivity (Wildman–Crippen MR) is 79.3 cm³/mol. The van der Waals surface area contributed by atoms with Gasteiger partial charge in [0, 0.05) is 41.8 Å². The third kappa shape index (κ3) is 2.62. The first-order valence-electron chi connectivity index (χ1n) is 6.54. The molecule has 1 aliphatic heterocycles. The second kappa shape index (κ2) is 5.76. The fraction of sp³-hybridized carbons (Fsp3) is 0.286. The Morgan fingerprint density at radius 3 is 3.10 bits per heavy atom. The van der Waals surface area contributed by atoms with Gasteiger partial charge >= 0.3 is 0 Å². The Morgan fingerprint density at radius 1 is 1.40 bits per heavy atom. The molecule has 6 heteroatoms. The van der Waals surface area contributed by atoms with Gasteiger partial charge in [0.15, 0.2) is 5.69 Å². The molecule has 2 aromatic rings. The van der Waals surface area contributed by atoms with Gasteiger partial charge in [-0.15, -0.1) is 0 Å². The Bertz CT molecular complexity index is 638. The molecule has 1 aliphatic rings. The average Bonchev–Trinajstić information content (AvgIpc) is 2.90. The van der Waals surface area contributed by atoms with Crippen LogP contribution < -0.4 is 10.6 Å². The summed E-state index contributed by atoms with van der Waals surface area (Å²) in [5.74, 6) is -0.137. The summed E-state index contributed by atoms with van der Waals surface area (Å²) in [6, 6.07) is 7.84. The number of nitrogens with one attached hydrogen (secondary N) is 3. The van der Waals surface area contributed by atoms with E-state index >= 15 is 0 Å². The minimum absolute atomic E-state index is 0.137. The zero-order valence-corrected chi connectivity index (χ0v) is 12.5. The molecule has 0 spiro atoms. The number of aromatic amines is 1. The largest absolute Gasteiger partial charge is 0.347 e. The summed E-state index contributed by atoms with van der Waals surface area (Å²) in [5.41, 5.74) is 3.60. The Hall–Kier alpha value is -1.66. The minimum Gasteiger partial charge on any atom is -0.347 e. The number of carbonyl (C=O) groups excluding carboxylic acids is 1. The zero-order valence-electron chi connectivity index (χ0n) is 10.9. The van der Waals surface area contributed by atoms with Crippen molar-refractivity contribution in [2.24, 2.45) is 0 Å². The molecule has 20 heavy (non-hydrogen) atoms. The van der Waals surface area contributed by atoms with Crippen molar-refractivity contribution in [1.82, 2.24) is 20.8 Å². The van der Waals surface area contributed by atoms with E-state index in [9.17, 15) is 4.79 Å². The third-order valence-corrected chi connectivity index (χ3v) is 4.19. The number of aromatic nitrogens is 2. The molecule has 1 aromatic carbocycles. The molecule has 0 aliphatic carbocycles. The molecule has 1 amide bonds. The lowest BCUT2D eigenvalue weighted by Crippen LogP contribution is -2.28. The molecule has 2 heterocycles. The summed E-state index contributed by atoms with van der Waals surface area (Å²) < 4.78 is 0.992. The molecule has 3 rings (SSSR count). The van der Waals surface area contributed by atoms with Crippen molar-refractivity contribution in [2.45, 2.75) is 19.5 Å². The first-order chi connectivity index (χ1) is 9.75. The summed E-state index contributed by atoms with van der Waals surface area (Å²) >= 11 is 3.47. The normalized spacial score (nSPS) is 13.8. The highest BCUT2D eigenvalue weighted by molar-refractivity contribution is 9.10. The van der Waals surface area contributed by atoms with Gasteiger partial charge in [0.2, 0.25) is 0 Å². The first-order valence-corrected chi connectivity index (χ1v) is 7.33. The van der Waals surface area contributed by atoms with Crippen LogP contribution >= 0.6 is 15.9 Å². The molecule has 0 saturated carbocycles. The van der Waals surface area contributed by atoms with Gasteiger partial charge in [0.05, 0.1) is 0 Å². The number of hydrogen-bond donors (Lipinski definition) is 3. The number of fused-ring (bicyclic) bond motifs is 1. The van der Waals surface area contributed by atoms with Crippen molar-refractivity contribution in [1.29, 1.82) is 0 Å². The fourth-order valence-electron chi connectivity index (χ4n) is 2.31. The van der Waals surface area contributed by atoms with E-state index in [0.29, 0.717) is 18.8 Å². The number of hydrogen-bond acceptors (Lipinski definition) is 3. The van der Waals surface area contributed by atoms with Crippen molar-refractivity contribution >= 4 is 21.8 Å². The highest BCUT2D eigenvalue weighted by atomic mass is 79.9. The average molecular weight is 335 g/mol. The second-order valence-corrected chi connectivity index (χ2v) is 5.58. The molecule has 5 nitrogen and oxygen atoms in total. The van der Waals surface area contributed by atoms with Crippen molar-refractivity contribution in [3.8, 4) is 0 Å². The van der Waals surface area contributed by atoms with Gasteiger partial charge in [-0.25, -0.2) is 0 Å². The minimum atomic E-state index is -0.137. The number of benzene rings is 1. The van der Waals surface area contributed by atoms with E-state index in [4.69, 9.17) is 0 Å². The van der Waals surface area contributed by atoms with E-state index in [2.05, 4.69) is 36.8 Å². The standard InChI is InChI=1S/C14H15BrN4O/c15-11-4-2-1-3-9(11)7-17-14(20)13-10-8-16-6-5-12(10)18-19-13/h1-4,16H,5-8H2,(H,17,20)(H,18,19). The quantitative estimate of drug-likeness (QED) is 0.800. The Kier molecular flexibility index (Phi) is 3.84. The van der Waals surface area contributed by atoms with Crippen LogP contribution in [0.15, 0.2) is 28.7 Å². The lowest BCUT2D eigenvalue weighted by molar-refractivity contribution is 0.0944. The van der Waals surface area contributed by atoms with Crippen LogP contribution in [0.25, 0.3) is 0 Å². The maximum absolute atomic E-state index is 12.2. The molecule has 3 N–H and O–H groups in total. The summed E-state index contributed by atoms with van der Waals surface area (Å²) in [6.07, 6.45) is 0.889. The molecule has 0 fully saturated rings. The molecular weight excluding hydrogens is 320 g/mol. The van der Waals surface area contributed by atoms with Crippen molar-refractivity contribution in [3.63, 3.8) is 0 Å². The summed E-state index contributed by atoms with van der Waals surface area (Å²) in [4.78, 5) is 12.2. The van der Waals surface area contributed by atoms with Crippen LogP contribution in [0.3, 0.4) is 0 Å². The lowest BCUT2D eigenvalue weighted by atomic mass is 10.1. The van der Waals surface area contributed by atoms with E-state index in [-0.39, 0.29) is 5.91 Å². The Balaban J connectivity index is 1.71. The lowest BCUT2D eigenvalue weighted by Gasteiger charge is -2.13. The van der Waals surface area contributed by atoms with E-state index < -0.39 is 0 Å². The smallest absolute Gasteiger partial charge is 0.272 e. The van der Waals surface area contributed by atoms with Crippen LogP contribution in [0.2, 0.25) is 0 Å². The van der Waals surface area contributed by atoms with Gasteiger partial charge in [-0.2, -0.15) is 5.10 Å². The Labute approximate surface area is 125 Å². The number of nitrogens with zero attached hydrogens (tertiary/aromatic N) is 1. The van der Waals surface area contributed by atoms with Crippen LogP contribution in [0.4, 0.5) is 0 Å². The zero-order chi connectivity index (χ0) is 13.9. The van der Waals surface area contributed by atoms with Gasteiger partial charge in [0.1, 0.15) is 0 Å². The second-order valence-electron chi connectivity index (χ2n) is 4.73. The molecule has 0 radical (unpaired) electrons. The molecule has 0 bridgehead atoms. The molecule has 104 valence electrons. The monoisotopic (exact) mass is 334 g/mol. The highest BCUT2D eigenvalue weighted by Crippen LogP contribution is 2.17. The van der Waals surface area contributed by atoms with E-state index in [1.165, 1.54) is 0 Å². The maximum atomic E-state index is 12.2. The SMILES string of the molecule is O=C(NCc1ccccc1Br)c1n[nH]c2c1CNCC2. The van der Waals surface area contributed by atoms with Crippen molar-refractivity contribution in [3.05, 3.63) is 51.3 Å². The molecular formula is C14H15BrN4O. The van der Waals surface area contributed by atoms with E-state index in [1.807, 2.05) is 24.3 Å². The van der Waals surface area contributed by atoms with Gasteiger partial charge in [-0.3, -0.25) is 9.89 Å². The number of rotatable bonds is 3. The van der Waals surface area contributed by atoms with Gasteiger partial charge in [-0.1, -0.05) is 34.1 Å². The van der Waals surface area contributed by atoms with Gasteiger partial charge < -0.3 is 10.6 Å². The van der Waals surface area contributed by atoms with Crippen LogP contribution in [-0.4, -0.2) is 22.6 Å². The topological polar surface area (TPSA) is 69.8 Å². The van der Waals surface area contributed by atoms with Crippen LogP contribution in [0.1, 0.15) is 27.3 Å². The number of halogens is 1. The summed E-state index contributed by atoms with van der Waals surface area (Å²) in [6.45, 7) is 2.10. The molecule has 0 atom stereocenters. The van der Waals surface area contributed by atoms with Gasteiger partial charge in [-0.05, 0) is 11.6 Å². The van der Waals surface area contributed by atoms with Gasteiger partial charge in [0.25, 0.3) is 5.91 Å². The number of H-pyrrole nitrogens is 1. The van der Waals surface area contributed by atoms with Crippen LogP contribution in [0, 0.1) is 0 Å². The number of amides is 1. The highest BCUT2D eigenvalue weighted by Gasteiger charge is 2.21. The first kappa shape index (κ1) is 13.3. The third-order valence-electron chi connectivity index (χ3n) is 3.42. The number of carbonyl (C=O) groups is 1. The van der Waals surface area contributed by atoms with Crippen LogP contribution in [-0.2, 0) is 19.5 Å². The van der Waals surface area contributed by atoms with Crippen molar-refractivity contribution in [2.75, 3.05) is 6.54 Å². The maximum Gasteiger partial charge on any atom is 0.272 e. The fourth-order valence-corrected chi connectivity index (χ4v) is 2.74. The molecule has 1 aromatic heterocycles. The Morgan fingerprint density at radius 2 is 2.25 bits per heavy atom.